The molecule has 1 aromatic carbocycles. The fourth-order valence-corrected chi connectivity index (χ4v) is 3.19. The number of hydrogen-bond acceptors (Lipinski definition) is 3. The minimum Gasteiger partial charge on any atom is -0.480 e. The quantitative estimate of drug-likeness (QED) is 0.817. The molecule has 114 valence electrons. The molecule has 0 bridgehead atoms. The highest BCUT2D eigenvalue weighted by Gasteiger charge is 2.43. The van der Waals surface area contributed by atoms with Crippen molar-refractivity contribution >= 4 is 23.3 Å². The molecule has 2 rings (SSSR count). The molecule has 3 N–H and O–H groups in total. The Balaban J connectivity index is 2.38. The van der Waals surface area contributed by atoms with Crippen LogP contribution < -0.4 is 10.6 Å². The molecule has 1 amide bonds. The standard InChI is InChI=1S/C16H22N2O3/c1-2-16(9-5-6-10-16)15(21)18(11-14(19)20)13-8-4-3-7-12(13)17/h3-4,7-8H,2,5-6,9-11,17H2,1H3,(H,19,20). The maximum Gasteiger partial charge on any atom is 0.323 e. The monoisotopic (exact) mass is 290 g/mol. The van der Waals surface area contributed by atoms with Crippen molar-refractivity contribution in [2.75, 3.05) is 17.2 Å². The lowest BCUT2D eigenvalue weighted by atomic mass is 9.81. The van der Waals surface area contributed by atoms with Gasteiger partial charge >= 0.3 is 5.97 Å². The summed E-state index contributed by atoms with van der Waals surface area (Å²) in [6.45, 7) is 1.64. The SMILES string of the molecule is CCC1(C(=O)N(CC(=O)O)c2ccccc2N)CCCC1. The normalized spacial score (nSPS) is 16.6. The molecule has 21 heavy (non-hydrogen) atoms. The summed E-state index contributed by atoms with van der Waals surface area (Å²) in [4.78, 5) is 25.5. The molecule has 0 aliphatic heterocycles. The number of carbonyl (C=O) groups excluding carboxylic acids is 1. The minimum absolute atomic E-state index is 0.109. The highest BCUT2D eigenvalue weighted by molar-refractivity contribution is 6.03. The van der Waals surface area contributed by atoms with Crippen LogP contribution in [0.3, 0.4) is 0 Å². The van der Waals surface area contributed by atoms with Gasteiger partial charge in [0.15, 0.2) is 0 Å². The lowest BCUT2D eigenvalue weighted by Gasteiger charge is -2.33. The van der Waals surface area contributed by atoms with Gasteiger partial charge in [-0.05, 0) is 31.4 Å². The lowest BCUT2D eigenvalue weighted by molar-refractivity contribution is -0.138. The summed E-state index contributed by atoms with van der Waals surface area (Å²) < 4.78 is 0. The zero-order valence-corrected chi connectivity index (χ0v) is 12.3. The fourth-order valence-electron chi connectivity index (χ4n) is 3.19. The van der Waals surface area contributed by atoms with E-state index < -0.39 is 11.4 Å². The molecule has 1 aliphatic carbocycles. The van der Waals surface area contributed by atoms with E-state index in [0.717, 1.165) is 32.1 Å². The predicted molar refractivity (Wildman–Crippen MR) is 82.0 cm³/mol. The van der Waals surface area contributed by atoms with E-state index in [9.17, 15) is 9.59 Å². The third-order valence-corrected chi connectivity index (χ3v) is 4.46. The Morgan fingerprint density at radius 1 is 1.29 bits per heavy atom. The van der Waals surface area contributed by atoms with Gasteiger partial charge in [0.25, 0.3) is 0 Å². The predicted octanol–water partition coefficient (Wildman–Crippen LogP) is 2.66. The Hall–Kier alpha value is -2.04. The van der Waals surface area contributed by atoms with E-state index in [-0.39, 0.29) is 12.5 Å². The number of anilines is 2. The average molecular weight is 290 g/mol. The maximum absolute atomic E-state index is 13.0. The van der Waals surface area contributed by atoms with E-state index in [1.807, 2.05) is 6.92 Å². The van der Waals surface area contributed by atoms with Gasteiger partial charge in [0.2, 0.25) is 5.91 Å². The van der Waals surface area contributed by atoms with Crippen LogP contribution in [0.25, 0.3) is 0 Å². The van der Waals surface area contributed by atoms with Gasteiger partial charge in [-0.3, -0.25) is 14.5 Å². The number of carboxylic acids is 1. The number of carboxylic acid groups (broad SMARTS) is 1. The second-order valence-electron chi connectivity index (χ2n) is 5.68. The first kappa shape index (κ1) is 15.4. The number of benzene rings is 1. The third-order valence-electron chi connectivity index (χ3n) is 4.46. The number of nitrogens with zero attached hydrogens (tertiary/aromatic N) is 1. The molecule has 1 saturated carbocycles. The van der Waals surface area contributed by atoms with Crippen LogP contribution in [0.2, 0.25) is 0 Å². The van der Waals surface area contributed by atoms with Gasteiger partial charge in [-0.2, -0.15) is 0 Å². The summed E-state index contributed by atoms with van der Waals surface area (Å²) >= 11 is 0. The van der Waals surface area contributed by atoms with Crippen molar-refractivity contribution in [1.29, 1.82) is 0 Å². The van der Waals surface area contributed by atoms with Crippen molar-refractivity contribution in [3.63, 3.8) is 0 Å². The van der Waals surface area contributed by atoms with Crippen molar-refractivity contribution in [2.24, 2.45) is 5.41 Å². The Morgan fingerprint density at radius 3 is 2.43 bits per heavy atom. The van der Waals surface area contributed by atoms with E-state index in [4.69, 9.17) is 10.8 Å². The Kier molecular flexibility index (Phi) is 4.50. The van der Waals surface area contributed by atoms with Crippen LogP contribution in [0.4, 0.5) is 11.4 Å². The molecular weight excluding hydrogens is 268 g/mol. The molecule has 5 heteroatoms. The van der Waals surface area contributed by atoms with Crippen LogP contribution in [0.5, 0.6) is 0 Å². The molecule has 1 aromatic rings. The van der Waals surface area contributed by atoms with Crippen molar-refractivity contribution < 1.29 is 14.7 Å². The van der Waals surface area contributed by atoms with Crippen LogP contribution in [-0.2, 0) is 9.59 Å². The van der Waals surface area contributed by atoms with Crippen molar-refractivity contribution in [3.05, 3.63) is 24.3 Å². The van der Waals surface area contributed by atoms with Crippen molar-refractivity contribution in [1.82, 2.24) is 0 Å². The Morgan fingerprint density at radius 2 is 1.90 bits per heavy atom. The molecule has 0 unspecified atom stereocenters. The number of rotatable bonds is 5. The van der Waals surface area contributed by atoms with Gasteiger partial charge in [0, 0.05) is 5.41 Å². The molecule has 1 aliphatic rings. The van der Waals surface area contributed by atoms with Gasteiger partial charge in [-0.1, -0.05) is 31.9 Å². The van der Waals surface area contributed by atoms with Gasteiger partial charge in [0.05, 0.1) is 11.4 Å². The van der Waals surface area contributed by atoms with Crippen LogP contribution in [0.1, 0.15) is 39.0 Å². The molecule has 0 aromatic heterocycles. The zero-order valence-electron chi connectivity index (χ0n) is 12.3. The number of hydrogen-bond donors (Lipinski definition) is 2. The first-order chi connectivity index (χ1) is 10.00. The lowest BCUT2D eigenvalue weighted by Crippen LogP contribution is -2.45. The molecular formula is C16H22N2O3. The summed E-state index contributed by atoms with van der Waals surface area (Å²) in [6, 6.07) is 6.92. The summed E-state index contributed by atoms with van der Waals surface area (Å²) in [5.41, 5.74) is 6.42. The van der Waals surface area contributed by atoms with Crippen molar-refractivity contribution in [2.45, 2.75) is 39.0 Å². The van der Waals surface area contributed by atoms with Crippen LogP contribution in [-0.4, -0.2) is 23.5 Å². The number of amides is 1. The number of para-hydroxylation sites is 2. The Bertz CT molecular complexity index is 536. The maximum atomic E-state index is 13.0. The number of nitrogen functional groups attached to an aromatic ring is 1. The molecule has 0 atom stereocenters. The summed E-state index contributed by atoms with van der Waals surface area (Å²) in [6.07, 6.45) is 4.42. The van der Waals surface area contributed by atoms with E-state index in [1.54, 1.807) is 24.3 Å². The van der Waals surface area contributed by atoms with Gasteiger partial charge in [-0.15, -0.1) is 0 Å². The second kappa shape index (κ2) is 6.16. The molecule has 0 spiro atoms. The van der Waals surface area contributed by atoms with Crippen LogP contribution in [0, 0.1) is 5.41 Å². The first-order valence-corrected chi connectivity index (χ1v) is 7.38. The minimum atomic E-state index is -1.03. The second-order valence-corrected chi connectivity index (χ2v) is 5.68. The largest absolute Gasteiger partial charge is 0.480 e. The molecule has 1 fully saturated rings. The summed E-state index contributed by atoms with van der Waals surface area (Å²) in [5, 5.41) is 9.15. The number of carbonyl (C=O) groups is 2. The van der Waals surface area contributed by atoms with E-state index in [1.165, 1.54) is 4.90 Å². The smallest absolute Gasteiger partial charge is 0.323 e. The van der Waals surface area contributed by atoms with Crippen LogP contribution in [0.15, 0.2) is 24.3 Å². The summed E-state index contributed by atoms with van der Waals surface area (Å²) in [5.74, 6) is -1.14. The average Bonchev–Trinajstić information content (AvgIpc) is 2.95. The van der Waals surface area contributed by atoms with E-state index in [0.29, 0.717) is 11.4 Å². The number of nitrogens with two attached hydrogens (primary N) is 1. The zero-order chi connectivity index (χ0) is 15.5. The highest BCUT2D eigenvalue weighted by atomic mass is 16.4. The van der Waals surface area contributed by atoms with Gasteiger partial charge in [0.1, 0.15) is 6.54 Å². The van der Waals surface area contributed by atoms with E-state index >= 15 is 0 Å². The Labute approximate surface area is 124 Å². The molecule has 5 nitrogen and oxygen atoms in total. The summed E-state index contributed by atoms with van der Waals surface area (Å²) in [7, 11) is 0. The van der Waals surface area contributed by atoms with Gasteiger partial charge < -0.3 is 10.8 Å². The van der Waals surface area contributed by atoms with E-state index in [2.05, 4.69) is 0 Å². The van der Waals surface area contributed by atoms with Gasteiger partial charge in [-0.25, -0.2) is 0 Å². The van der Waals surface area contributed by atoms with Crippen LogP contribution >= 0.6 is 0 Å². The number of aliphatic carboxylic acids is 1. The topological polar surface area (TPSA) is 83.6 Å². The fraction of sp³-hybridized carbons (Fsp3) is 0.500. The first-order valence-electron chi connectivity index (χ1n) is 7.38. The molecule has 0 saturated heterocycles. The van der Waals surface area contributed by atoms with Crippen molar-refractivity contribution in [3.8, 4) is 0 Å². The third kappa shape index (κ3) is 3.01. The molecule has 0 radical (unpaired) electrons. The molecule has 0 heterocycles. The highest BCUT2D eigenvalue weighted by Crippen LogP contribution is 2.43.